The summed E-state index contributed by atoms with van der Waals surface area (Å²) in [4.78, 5) is 8.40. The molecule has 1 atom stereocenters. The summed E-state index contributed by atoms with van der Waals surface area (Å²) in [5.74, 6) is 0.751. The highest BCUT2D eigenvalue weighted by molar-refractivity contribution is 5.77. The fourth-order valence-electron chi connectivity index (χ4n) is 3.51. The Morgan fingerprint density at radius 2 is 2.13 bits per heavy atom. The van der Waals surface area contributed by atoms with Crippen molar-refractivity contribution in [3.05, 3.63) is 29.1 Å². The smallest absolute Gasteiger partial charge is 0.0886 e. The number of H-pyrrole nitrogens is 1. The molecule has 3 rings (SSSR count). The SMILES string of the molecule is CCCCOCc1cc2nc3c(cc2[nH]1)CC(C(C)(C)C)CC3. The molecule has 0 saturated heterocycles. The maximum atomic E-state index is 5.72. The molecular weight excluding hydrogens is 284 g/mol. The van der Waals surface area contributed by atoms with Gasteiger partial charge in [-0.15, -0.1) is 0 Å². The van der Waals surface area contributed by atoms with Crippen LogP contribution in [0.25, 0.3) is 11.0 Å². The monoisotopic (exact) mass is 314 g/mol. The summed E-state index contributed by atoms with van der Waals surface area (Å²) in [6.45, 7) is 10.7. The number of aryl methyl sites for hydroxylation is 1. The Bertz CT molecular complexity index is 666. The summed E-state index contributed by atoms with van der Waals surface area (Å²) in [5, 5.41) is 0. The second-order valence-electron chi connectivity index (χ2n) is 8.03. The van der Waals surface area contributed by atoms with Gasteiger partial charge in [0.15, 0.2) is 0 Å². The topological polar surface area (TPSA) is 37.9 Å². The summed E-state index contributed by atoms with van der Waals surface area (Å²) < 4.78 is 5.72. The number of unbranched alkanes of at least 4 members (excludes halogenated alkanes) is 1. The summed E-state index contributed by atoms with van der Waals surface area (Å²) >= 11 is 0. The predicted molar refractivity (Wildman–Crippen MR) is 95.6 cm³/mol. The van der Waals surface area contributed by atoms with Crippen LogP contribution in [0.2, 0.25) is 0 Å². The Morgan fingerprint density at radius 3 is 2.87 bits per heavy atom. The fraction of sp³-hybridized carbons (Fsp3) is 0.650. The number of hydrogen-bond acceptors (Lipinski definition) is 2. The lowest BCUT2D eigenvalue weighted by Crippen LogP contribution is -2.27. The van der Waals surface area contributed by atoms with Crippen LogP contribution in [0.15, 0.2) is 12.1 Å². The second kappa shape index (κ2) is 6.64. The number of fused-ring (bicyclic) bond motifs is 2. The summed E-state index contributed by atoms with van der Waals surface area (Å²) in [5.41, 5.74) is 6.50. The van der Waals surface area contributed by atoms with Gasteiger partial charge >= 0.3 is 0 Å². The minimum Gasteiger partial charge on any atom is -0.375 e. The highest BCUT2D eigenvalue weighted by atomic mass is 16.5. The number of pyridine rings is 1. The van der Waals surface area contributed by atoms with Crippen LogP contribution < -0.4 is 0 Å². The van der Waals surface area contributed by atoms with Crippen molar-refractivity contribution in [2.24, 2.45) is 11.3 Å². The van der Waals surface area contributed by atoms with Crippen molar-refractivity contribution in [3.8, 4) is 0 Å². The highest BCUT2D eigenvalue weighted by Crippen LogP contribution is 2.37. The zero-order valence-corrected chi connectivity index (χ0v) is 15.0. The molecule has 0 amide bonds. The van der Waals surface area contributed by atoms with Crippen LogP contribution in [0, 0.1) is 11.3 Å². The molecule has 0 radical (unpaired) electrons. The lowest BCUT2D eigenvalue weighted by molar-refractivity contribution is 0.116. The molecule has 3 heteroatoms. The van der Waals surface area contributed by atoms with Gasteiger partial charge < -0.3 is 9.72 Å². The van der Waals surface area contributed by atoms with Crippen LogP contribution >= 0.6 is 0 Å². The van der Waals surface area contributed by atoms with Crippen molar-refractivity contribution in [3.63, 3.8) is 0 Å². The van der Waals surface area contributed by atoms with E-state index in [-0.39, 0.29) is 0 Å². The molecule has 2 aromatic heterocycles. The molecule has 126 valence electrons. The molecule has 1 aliphatic rings. The Labute approximate surface area is 139 Å². The first-order valence-corrected chi connectivity index (χ1v) is 9.05. The van der Waals surface area contributed by atoms with Gasteiger partial charge in [0, 0.05) is 18.0 Å². The van der Waals surface area contributed by atoms with E-state index in [2.05, 4.69) is 44.8 Å². The van der Waals surface area contributed by atoms with E-state index in [1.165, 1.54) is 24.1 Å². The highest BCUT2D eigenvalue weighted by Gasteiger charge is 2.29. The molecule has 0 aromatic carbocycles. The normalized spacial score (nSPS) is 18.3. The van der Waals surface area contributed by atoms with Gasteiger partial charge in [-0.05, 0) is 54.7 Å². The van der Waals surface area contributed by atoms with E-state index >= 15 is 0 Å². The van der Waals surface area contributed by atoms with E-state index in [4.69, 9.17) is 9.72 Å². The molecule has 0 fully saturated rings. The molecule has 3 nitrogen and oxygen atoms in total. The van der Waals surface area contributed by atoms with Gasteiger partial charge in [0.2, 0.25) is 0 Å². The molecule has 1 unspecified atom stereocenters. The molecule has 0 spiro atoms. The van der Waals surface area contributed by atoms with E-state index in [1.54, 1.807) is 0 Å². The van der Waals surface area contributed by atoms with Crippen molar-refractivity contribution < 1.29 is 4.74 Å². The Kier molecular flexibility index (Phi) is 4.77. The van der Waals surface area contributed by atoms with Crippen LogP contribution in [0.1, 0.15) is 63.9 Å². The lowest BCUT2D eigenvalue weighted by Gasteiger charge is -2.34. The van der Waals surface area contributed by atoms with Gasteiger partial charge in [-0.3, -0.25) is 4.98 Å². The number of rotatable bonds is 5. The second-order valence-corrected chi connectivity index (χ2v) is 8.03. The van der Waals surface area contributed by atoms with Gasteiger partial charge in [0.25, 0.3) is 0 Å². The molecule has 23 heavy (non-hydrogen) atoms. The zero-order chi connectivity index (χ0) is 16.4. The molecule has 0 saturated carbocycles. The van der Waals surface area contributed by atoms with E-state index in [1.807, 2.05) is 0 Å². The van der Waals surface area contributed by atoms with E-state index in [9.17, 15) is 0 Å². The minimum atomic E-state index is 0.376. The van der Waals surface area contributed by atoms with Crippen LogP contribution in [0.5, 0.6) is 0 Å². The first-order valence-electron chi connectivity index (χ1n) is 9.05. The maximum absolute atomic E-state index is 5.72. The first-order chi connectivity index (χ1) is 11.0. The molecule has 2 aromatic rings. The largest absolute Gasteiger partial charge is 0.375 e. The van der Waals surface area contributed by atoms with Gasteiger partial charge in [-0.25, -0.2) is 0 Å². The van der Waals surface area contributed by atoms with Crippen molar-refractivity contribution in [1.82, 2.24) is 9.97 Å². The molecule has 0 bridgehead atoms. The summed E-state index contributed by atoms with van der Waals surface area (Å²) in [6, 6.07) is 4.47. The number of ether oxygens (including phenoxy) is 1. The molecular formula is C20H30N2O. The quantitative estimate of drug-likeness (QED) is 0.786. The van der Waals surface area contributed by atoms with Crippen LogP contribution in [0.4, 0.5) is 0 Å². The van der Waals surface area contributed by atoms with E-state index < -0.39 is 0 Å². The zero-order valence-electron chi connectivity index (χ0n) is 15.0. The van der Waals surface area contributed by atoms with Gasteiger partial charge in [-0.2, -0.15) is 0 Å². The number of nitrogens with zero attached hydrogens (tertiary/aromatic N) is 1. The van der Waals surface area contributed by atoms with Crippen LogP contribution in [0.3, 0.4) is 0 Å². The number of aromatic nitrogens is 2. The maximum Gasteiger partial charge on any atom is 0.0886 e. The number of hydrogen-bond donors (Lipinski definition) is 1. The molecule has 0 aliphatic heterocycles. The van der Waals surface area contributed by atoms with Gasteiger partial charge in [0.1, 0.15) is 0 Å². The van der Waals surface area contributed by atoms with Crippen molar-refractivity contribution in [2.45, 2.75) is 66.4 Å². The Balaban J connectivity index is 1.77. The van der Waals surface area contributed by atoms with Crippen molar-refractivity contribution in [2.75, 3.05) is 6.61 Å². The summed E-state index contributed by atoms with van der Waals surface area (Å²) in [7, 11) is 0. The fourth-order valence-corrected chi connectivity index (χ4v) is 3.51. The predicted octanol–water partition coefficient (Wildman–Crippen LogP) is 5.03. The average Bonchev–Trinajstić information content (AvgIpc) is 2.89. The number of aromatic amines is 1. The van der Waals surface area contributed by atoms with E-state index in [0.29, 0.717) is 12.0 Å². The standard InChI is InChI=1S/C20H30N2O/c1-5-6-9-23-13-16-12-19-18(21-16)11-14-10-15(20(2,3)4)7-8-17(14)22-19/h11-12,15,21H,5-10,13H2,1-4H3. The molecule has 1 aliphatic carbocycles. The molecule has 2 heterocycles. The lowest BCUT2D eigenvalue weighted by atomic mass is 9.71. The Hall–Kier alpha value is -1.35. The third-order valence-corrected chi connectivity index (χ3v) is 5.15. The van der Waals surface area contributed by atoms with Gasteiger partial charge in [0.05, 0.1) is 17.6 Å². The summed E-state index contributed by atoms with van der Waals surface area (Å²) in [6.07, 6.45) is 5.83. The van der Waals surface area contributed by atoms with Crippen LogP contribution in [-0.4, -0.2) is 16.6 Å². The first kappa shape index (κ1) is 16.5. The number of nitrogens with one attached hydrogen (secondary N) is 1. The Morgan fingerprint density at radius 1 is 1.30 bits per heavy atom. The van der Waals surface area contributed by atoms with Gasteiger partial charge in [-0.1, -0.05) is 34.1 Å². The van der Waals surface area contributed by atoms with E-state index in [0.717, 1.165) is 48.5 Å². The average molecular weight is 314 g/mol. The third kappa shape index (κ3) is 3.77. The van der Waals surface area contributed by atoms with Crippen molar-refractivity contribution >= 4 is 11.0 Å². The minimum absolute atomic E-state index is 0.376. The molecule has 1 N–H and O–H groups in total. The third-order valence-electron chi connectivity index (χ3n) is 5.15. The van der Waals surface area contributed by atoms with Crippen LogP contribution in [-0.2, 0) is 24.2 Å². The van der Waals surface area contributed by atoms with Crippen molar-refractivity contribution in [1.29, 1.82) is 0 Å².